The first-order valence-corrected chi connectivity index (χ1v) is 11.0. The van der Waals surface area contributed by atoms with Crippen molar-refractivity contribution in [3.8, 4) is 0 Å². The van der Waals surface area contributed by atoms with Crippen molar-refractivity contribution in [3.05, 3.63) is 54.7 Å². The van der Waals surface area contributed by atoms with E-state index in [0.29, 0.717) is 4.90 Å². The third-order valence-electron chi connectivity index (χ3n) is 4.53. The highest BCUT2D eigenvalue weighted by Gasteiger charge is 2.32. The molecule has 0 aliphatic carbocycles. The zero-order valence-electron chi connectivity index (χ0n) is 15.2. The number of thiophene rings is 1. The first kappa shape index (κ1) is 20.7. The van der Waals surface area contributed by atoms with Crippen LogP contribution in [0, 0.1) is 24.0 Å². The number of hydrogen-bond acceptors (Lipinski definition) is 6. The van der Waals surface area contributed by atoms with Crippen LogP contribution in [-0.2, 0) is 10.0 Å². The summed E-state index contributed by atoms with van der Waals surface area (Å²) in [6.45, 7) is 4.42. The fourth-order valence-corrected chi connectivity index (χ4v) is 6.30. The molecule has 1 saturated heterocycles. The van der Waals surface area contributed by atoms with Crippen molar-refractivity contribution >= 4 is 44.6 Å². The Kier molecular flexibility index (Phi) is 5.76. The number of rotatable bonds is 4. The second kappa shape index (κ2) is 7.78. The van der Waals surface area contributed by atoms with E-state index in [4.69, 9.17) is 11.6 Å². The zero-order valence-corrected chi connectivity index (χ0v) is 17.6. The highest BCUT2D eigenvalue weighted by atomic mass is 35.5. The molecule has 0 bridgehead atoms. The maximum absolute atomic E-state index is 12.9. The molecule has 0 spiro atoms. The Bertz CT molecular complexity index is 1040. The van der Waals surface area contributed by atoms with Crippen molar-refractivity contribution in [2.24, 2.45) is 0 Å². The lowest BCUT2D eigenvalue weighted by Gasteiger charge is -2.34. The Balaban J connectivity index is 1.72. The summed E-state index contributed by atoms with van der Waals surface area (Å²) in [5.41, 5.74) is -0.0354. The summed E-state index contributed by atoms with van der Waals surface area (Å²) in [6, 6.07) is 5.35. The van der Waals surface area contributed by atoms with Gasteiger partial charge in [0.2, 0.25) is 10.0 Å². The monoisotopic (exact) mass is 443 g/mol. The van der Waals surface area contributed by atoms with E-state index < -0.39 is 14.9 Å². The van der Waals surface area contributed by atoms with E-state index >= 15 is 0 Å². The van der Waals surface area contributed by atoms with Gasteiger partial charge >= 0.3 is 0 Å². The smallest absolute Gasteiger partial charge is 0.270 e. The van der Waals surface area contributed by atoms with Crippen LogP contribution in [0.5, 0.6) is 0 Å². The van der Waals surface area contributed by atoms with Crippen molar-refractivity contribution in [3.63, 3.8) is 0 Å². The van der Waals surface area contributed by atoms with Gasteiger partial charge in [-0.15, -0.1) is 11.3 Å². The van der Waals surface area contributed by atoms with E-state index in [9.17, 15) is 23.3 Å². The average molecular weight is 444 g/mol. The molecule has 2 heterocycles. The van der Waals surface area contributed by atoms with Crippen molar-refractivity contribution in [2.75, 3.05) is 26.2 Å². The predicted octanol–water partition coefficient (Wildman–Crippen LogP) is 3.07. The molecule has 150 valence electrons. The number of nitrogens with zero attached hydrogens (tertiary/aromatic N) is 3. The lowest BCUT2D eigenvalue weighted by Crippen LogP contribution is -2.50. The first-order valence-electron chi connectivity index (χ1n) is 8.41. The summed E-state index contributed by atoms with van der Waals surface area (Å²) >= 11 is 7.47. The SMILES string of the molecule is Cc1cc(S(=O)(=O)N2CCN(C(=O)c3ccc([N+](=O)[O-])cc3Cl)CC2)c(C)s1. The normalized spacial score (nSPS) is 15.6. The predicted molar refractivity (Wildman–Crippen MR) is 107 cm³/mol. The number of benzene rings is 1. The number of halogens is 1. The molecule has 0 atom stereocenters. The van der Waals surface area contributed by atoms with Gasteiger partial charge in [-0.2, -0.15) is 4.31 Å². The number of hydrogen-bond donors (Lipinski definition) is 0. The molecule has 3 rings (SSSR count). The lowest BCUT2D eigenvalue weighted by atomic mass is 10.1. The number of aryl methyl sites for hydroxylation is 2. The molecule has 1 aliphatic rings. The fourth-order valence-electron chi connectivity index (χ4n) is 3.10. The number of carbonyl (C=O) groups is 1. The first-order chi connectivity index (χ1) is 13.1. The summed E-state index contributed by atoms with van der Waals surface area (Å²) in [5.74, 6) is -0.375. The van der Waals surface area contributed by atoms with Crippen LogP contribution in [0.3, 0.4) is 0 Å². The molecule has 0 N–H and O–H groups in total. The van der Waals surface area contributed by atoms with E-state index in [1.54, 1.807) is 13.0 Å². The molecule has 1 aromatic heterocycles. The van der Waals surface area contributed by atoms with Crippen molar-refractivity contribution in [1.82, 2.24) is 9.21 Å². The van der Waals surface area contributed by atoms with Gasteiger partial charge in [0, 0.05) is 48.1 Å². The Labute approximate surface area is 171 Å². The van der Waals surface area contributed by atoms with E-state index in [1.165, 1.54) is 32.7 Å². The average Bonchev–Trinajstić information content (AvgIpc) is 3.00. The van der Waals surface area contributed by atoms with Gasteiger partial charge in [-0.05, 0) is 26.0 Å². The third-order valence-corrected chi connectivity index (χ3v) is 7.97. The largest absolute Gasteiger partial charge is 0.336 e. The molecule has 1 aromatic carbocycles. The van der Waals surface area contributed by atoms with Crippen LogP contribution in [-0.4, -0.2) is 54.6 Å². The highest BCUT2D eigenvalue weighted by molar-refractivity contribution is 7.89. The van der Waals surface area contributed by atoms with E-state index in [-0.39, 0.29) is 48.4 Å². The molecule has 2 aromatic rings. The standard InChI is InChI=1S/C17H18ClN3O5S2/c1-11-9-16(12(2)27-11)28(25,26)20-7-5-19(6-8-20)17(22)14-4-3-13(21(23)24)10-15(14)18/h3-4,9-10H,5-8H2,1-2H3. The van der Waals surface area contributed by atoms with Crippen molar-refractivity contribution in [2.45, 2.75) is 18.7 Å². The number of piperazine rings is 1. The maximum atomic E-state index is 12.9. The second-order valence-electron chi connectivity index (χ2n) is 6.40. The molecule has 0 saturated carbocycles. The van der Waals surface area contributed by atoms with Crippen LogP contribution >= 0.6 is 22.9 Å². The van der Waals surface area contributed by atoms with E-state index in [1.807, 2.05) is 6.92 Å². The molecule has 1 fully saturated rings. The molecule has 11 heteroatoms. The summed E-state index contributed by atoms with van der Waals surface area (Å²) in [4.78, 5) is 26.4. The molecular weight excluding hydrogens is 426 g/mol. The Morgan fingerprint density at radius 3 is 2.32 bits per heavy atom. The molecule has 0 radical (unpaired) electrons. The third kappa shape index (κ3) is 3.90. The van der Waals surface area contributed by atoms with Gasteiger partial charge in [-0.25, -0.2) is 8.42 Å². The Hall–Kier alpha value is -2.01. The second-order valence-corrected chi connectivity index (χ2v) is 10.2. The number of non-ortho nitro benzene ring substituents is 1. The molecule has 1 amide bonds. The van der Waals surface area contributed by atoms with Crippen LogP contribution in [0.25, 0.3) is 0 Å². The van der Waals surface area contributed by atoms with Crippen LogP contribution in [0.2, 0.25) is 5.02 Å². The quantitative estimate of drug-likeness (QED) is 0.533. The van der Waals surface area contributed by atoms with Gasteiger partial charge in [-0.3, -0.25) is 14.9 Å². The molecule has 28 heavy (non-hydrogen) atoms. The number of nitro groups is 1. The minimum absolute atomic E-state index is 0.00127. The van der Waals surface area contributed by atoms with Crippen molar-refractivity contribution < 1.29 is 18.1 Å². The molecule has 8 nitrogen and oxygen atoms in total. The minimum atomic E-state index is -3.60. The number of nitro benzene ring substituents is 1. The van der Waals surface area contributed by atoms with Crippen LogP contribution < -0.4 is 0 Å². The van der Waals surface area contributed by atoms with Gasteiger partial charge in [0.1, 0.15) is 0 Å². The van der Waals surface area contributed by atoms with Gasteiger partial charge in [0.25, 0.3) is 11.6 Å². The molecule has 1 aliphatic heterocycles. The zero-order chi connectivity index (χ0) is 20.6. The van der Waals surface area contributed by atoms with Gasteiger partial charge < -0.3 is 4.90 Å². The van der Waals surface area contributed by atoms with Crippen LogP contribution in [0.1, 0.15) is 20.1 Å². The number of sulfonamides is 1. The Morgan fingerprint density at radius 2 is 1.82 bits per heavy atom. The molecular formula is C17H18ClN3O5S2. The highest BCUT2D eigenvalue weighted by Crippen LogP contribution is 2.29. The van der Waals surface area contributed by atoms with Crippen LogP contribution in [0.4, 0.5) is 5.69 Å². The summed E-state index contributed by atoms with van der Waals surface area (Å²) in [5, 5.41) is 10.8. The number of carbonyl (C=O) groups excluding carboxylic acids is 1. The number of amides is 1. The van der Waals surface area contributed by atoms with E-state index in [2.05, 4.69) is 0 Å². The maximum Gasteiger partial charge on any atom is 0.270 e. The lowest BCUT2D eigenvalue weighted by molar-refractivity contribution is -0.384. The summed E-state index contributed by atoms with van der Waals surface area (Å²) < 4.78 is 27.1. The van der Waals surface area contributed by atoms with Crippen molar-refractivity contribution in [1.29, 1.82) is 0 Å². The minimum Gasteiger partial charge on any atom is -0.336 e. The topological polar surface area (TPSA) is 101 Å². The van der Waals surface area contributed by atoms with Gasteiger partial charge in [0.15, 0.2) is 0 Å². The summed E-state index contributed by atoms with van der Waals surface area (Å²) in [6.07, 6.45) is 0. The van der Waals surface area contributed by atoms with Crippen LogP contribution in [0.15, 0.2) is 29.2 Å². The molecule has 0 unspecified atom stereocenters. The van der Waals surface area contributed by atoms with Gasteiger partial charge in [-0.1, -0.05) is 11.6 Å². The Morgan fingerprint density at radius 1 is 1.18 bits per heavy atom. The van der Waals surface area contributed by atoms with E-state index in [0.717, 1.165) is 15.8 Å². The fraction of sp³-hybridized carbons (Fsp3) is 0.353. The van der Waals surface area contributed by atoms with Gasteiger partial charge in [0.05, 0.1) is 20.4 Å². The summed E-state index contributed by atoms with van der Waals surface area (Å²) in [7, 11) is -3.60.